The lowest BCUT2D eigenvalue weighted by atomic mass is 10.1. The summed E-state index contributed by atoms with van der Waals surface area (Å²) >= 11 is 0. The highest BCUT2D eigenvalue weighted by atomic mass is 16.5. The highest BCUT2D eigenvalue weighted by Gasteiger charge is 2.23. The van der Waals surface area contributed by atoms with E-state index in [0.717, 1.165) is 43.1 Å². The molecule has 3 aromatic carbocycles. The Kier molecular flexibility index (Phi) is 6.03. The molecule has 0 aliphatic carbocycles. The summed E-state index contributed by atoms with van der Waals surface area (Å²) in [6.45, 7) is 7.50. The molecule has 3 aromatic rings. The summed E-state index contributed by atoms with van der Waals surface area (Å²) in [5.74, 6) is 0.782. The molecule has 0 spiro atoms. The first-order valence-corrected chi connectivity index (χ1v) is 10.5. The third kappa shape index (κ3) is 4.33. The second-order valence-electron chi connectivity index (χ2n) is 7.74. The van der Waals surface area contributed by atoms with Gasteiger partial charge in [-0.15, -0.1) is 0 Å². The first kappa shape index (κ1) is 20.0. The SMILES string of the molecule is Cc1cccc(N2CCN(C(=O)COc3ccccc3-c3ccccc3)CC2)c1C. The molecule has 0 radical (unpaired) electrons. The van der Waals surface area contributed by atoms with E-state index in [0.29, 0.717) is 0 Å². The molecule has 0 aromatic heterocycles. The summed E-state index contributed by atoms with van der Waals surface area (Å²) in [5, 5.41) is 0. The van der Waals surface area contributed by atoms with Gasteiger partial charge in [-0.1, -0.05) is 60.7 Å². The number of amides is 1. The smallest absolute Gasteiger partial charge is 0.260 e. The number of nitrogens with zero attached hydrogens (tertiary/aromatic N) is 2. The van der Waals surface area contributed by atoms with Crippen LogP contribution >= 0.6 is 0 Å². The Bertz CT molecular complexity index is 1010. The average Bonchev–Trinajstić information content (AvgIpc) is 2.80. The summed E-state index contributed by atoms with van der Waals surface area (Å²) in [4.78, 5) is 17.0. The third-order valence-corrected chi connectivity index (χ3v) is 5.87. The molecule has 0 bridgehead atoms. The van der Waals surface area contributed by atoms with Crippen molar-refractivity contribution in [2.75, 3.05) is 37.7 Å². The Morgan fingerprint density at radius 1 is 0.833 bits per heavy atom. The van der Waals surface area contributed by atoms with Crippen LogP contribution in [-0.4, -0.2) is 43.6 Å². The molecule has 1 aliphatic rings. The van der Waals surface area contributed by atoms with Gasteiger partial charge in [-0.25, -0.2) is 0 Å². The molecule has 4 heteroatoms. The molecule has 1 heterocycles. The van der Waals surface area contributed by atoms with Crippen molar-refractivity contribution < 1.29 is 9.53 Å². The second-order valence-corrected chi connectivity index (χ2v) is 7.74. The minimum absolute atomic E-state index is 0.0403. The number of para-hydroxylation sites is 1. The van der Waals surface area contributed by atoms with Crippen LogP contribution in [0, 0.1) is 13.8 Å². The van der Waals surface area contributed by atoms with E-state index in [9.17, 15) is 4.79 Å². The highest BCUT2D eigenvalue weighted by molar-refractivity contribution is 5.79. The van der Waals surface area contributed by atoms with Gasteiger partial charge in [0, 0.05) is 37.4 Å². The second kappa shape index (κ2) is 9.04. The molecule has 1 aliphatic heterocycles. The van der Waals surface area contributed by atoms with Crippen LogP contribution in [0.5, 0.6) is 5.75 Å². The average molecular weight is 401 g/mol. The zero-order chi connectivity index (χ0) is 20.9. The van der Waals surface area contributed by atoms with Crippen molar-refractivity contribution in [3.05, 3.63) is 83.9 Å². The van der Waals surface area contributed by atoms with Crippen molar-refractivity contribution in [3.63, 3.8) is 0 Å². The Hall–Kier alpha value is -3.27. The fourth-order valence-electron chi connectivity index (χ4n) is 3.95. The summed E-state index contributed by atoms with van der Waals surface area (Å²) in [7, 11) is 0. The first-order valence-electron chi connectivity index (χ1n) is 10.5. The van der Waals surface area contributed by atoms with Crippen molar-refractivity contribution in [3.8, 4) is 16.9 Å². The molecular formula is C26H28N2O2. The van der Waals surface area contributed by atoms with Crippen LogP contribution in [0.2, 0.25) is 0 Å². The molecule has 1 saturated heterocycles. The lowest BCUT2D eigenvalue weighted by Crippen LogP contribution is -2.50. The molecule has 0 unspecified atom stereocenters. The minimum atomic E-state index is 0.0403. The quantitative estimate of drug-likeness (QED) is 0.622. The number of carbonyl (C=O) groups excluding carboxylic acids is 1. The van der Waals surface area contributed by atoms with Gasteiger partial charge in [0.1, 0.15) is 5.75 Å². The number of benzene rings is 3. The zero-order valence-electron chi connectivity index (χ0n) is 17.7. The Morgan fingerprint density at radius 3 is 2.30 bits per heavy atom. The predicted molar refractivity (Wildman–Crippen MR) is 122 cm³/mol. The van der Waals surface area contributed by atoms with Crippen LogP contribution < -0.4 is 9.64 Å². The lowest BCUT2D eigenvalue weighted by Gasteiger charge is -2.37. The van der Waals surface area contributed by atoms with Crippen LogP contribution in [0.4, 0.5) is 5.69 Å². The molecule has 1 fully saturated rings. The van der Waals surface area contributed by atoms with Gasteiger partial charge in [0.05, 0.1) is 0 Å². The van der Waals surface area contributed by atoms with Crippen LogP contribution in [0.1, 0.15) is 11.1 Å². The van der Waals surface area contributed by atoms with E-state index in [2.05, 4.69) is 49.1 Å². The van der Waals surface area contributed by atoms with Crippen LogP contribution in [0.25, 0.3) is 11.1 Å². The summed E-state index contributed by atoms with van der Waals surface area (Å²) in [6, 6.07) is 24.4. The maximum atomic E-state index is 12.8. The minimum Gasteiger partial charge on any atom is -0.483 e. The molecule has 0 saturated carbocycles. The predicted octanol–water partition coefficient (Wildman–Crippen LogP) is 4.70. The van der Waals surface area contributed by atoms with Crippen molar-refractivity contribution in [1.82, 2.24) is 4.90 Å². The standard InChI is InChI=1S/C26H28N2O2/c1-20-9-8-13-24(21(20)2)27-15-17-28(18-16-27)26(29)19-30-25-14-7-6-12-23(25)22-10-4-3-5-11-22/h3-14H,15-19H2,1-2H3. The van der Waals surface area contributed by atoms with Gasteiger partial charge in [-0.3, -0.25) is 4.79 Å². The number of anilines is 1. The van der Waals surface area contributed by atoms with Gasteiger partial charge >= 0.3 is 0 Å². The van der Waals surface area contributed by atoms with E-state index >= 15 is 0 Å². The molecule has 0 N–H and O–H groups in total. The van der Waals surface area contributed by atoms with Gasteiger partial charge in [0.2, 0.25) is 0 Å². The maximum absolute atomic E-state index is 12.8. The normalized spacial score (nSPS) is 13.9. The number of piperazine rings is 1. The molecule has 4 nitrogen and oxygen atoms in total. The highest BCUT2D eigenvalue weighted by Crippen LogP contribution is 2.29. The van der Waals surface area contributed by atoms with Crippen molar-refractivity contribution in [2.24, 2.45) is 0 Å². The van der Waals surface area contributed by atoms with Gasteiger partial charge in [0.25, 0.3) is 5.91 Å². The number of hydrogen-bond acceptors (Lipinski definition) is 3. The molecule has 1 amide bonds. The Morgan fingerprint density at radius 2 is 1.53 bits per heavy atom. The molecule has 154 valence electrons. The number of carbonyl (C=O) groups is 1. The molecule has 4 rings (SSSR count). The topological polar surface area (TPSA) is 32.8 Å². The fraction of sp³-hybridized carbons (Fsp3) is 0.269. The van der Waals surface area contributed by atoms with Crippen LogP contribution in [0.15, 0.2) is 72.8 Å². The van der Waals surface area contributed by atoms with E-state index in [4.69, 9.17) is 4.74 Å². The third-order valence-electron chi connectivity index (χ3n) is 5.87. The van der Waals surface area contributed by atoms with Crippen molar-refractivity contribution >= 4 is 11.6 Å². The molecule has 30 heavy (non-hydrogen) atoms. The maximum Gasteiger partial charge on any atom is 0.260 e. The Balaban J connectivity index is 1.36. The van der Waals surface area contributed by atoms with E-state index in [-0.39, 0.29) is 12.5 Å². The zero-order valence-corrected chi connectivity index (χ0v) is 17.7. The Labute approximate surface area is 178 Å². The molecular weight excluding hydrogens is 372 g/mol. The number of ether oxygens (including phenoxy) is 1. The first-order chi connectivity index (χ1) is 14.6. The largest absolute Gasteiger partial charge is 0.483 e. The van der Waals surface area contributed by atoms with Gasteiger partial charge in [0.15, 0.2) is 6.61 Å². The van der Waals surface area contributed by atoms with Crippen LogP contribution in [-0.2, 0) is 4.79 Å². The van der Waals surface area contributed by atoms with Gasteiger partial charge in [-0.05, 0) is 42.7 Å². The summed E-state index contributed by atoms with van der Waals surface area (Å²) < 4.78 is 5.95. The van der Waals surface area contributed by atoms with E-state index in [1.807, 2.05) is 47.4 Å². The monoisotopic (exact) mass is 400 g/mol. The summed E-state index contributed by atoms with van der Waals surface area (Å²) in [5.41, 5.74) is 5.98. The summed E-state index contributed by atoms with van der Waals surface area (Å²) in [6.07, 6.45) is 0. The lowest BCUT2D eigenvalue weighted by molar-refractivity contribution is -0.133. The van der Waals surface area contributed by atoms with Crippen molar-refractivity contribution in [2.45, 2.75) is 13.8 Å². The van der Waals surface area contributed by atoms with E-state index in [1.165, 1.54) is 16.8 Å². The number of rotatable bonds is 5. The number of aryl methyl sites for hydroxylation is 1. The number of hydrogen-bond donors (Lipinski definition) is 0. The van der Waals surface area contributed by atoms with Crippen molar-refractivity contribution in [1.29, 1.82) is 0 Å². The van der Waals surface area contributed by atoms with E-state index in [1.54, 1.807) is 0 Å². The van der Waals surface area contributed by atoms with Gasteiger partial charge < -0.3 is 14.5 Å². The fourth-order valence-corrected chi connectivity index (χ4v) is 3.95. The van der Waals surface area contributed by atoms with E-state index < -0.39 is 0 Å². The van der Waals surface area contributed by atoms with Gasteiger partial charge in [-0.2, -0.15) is 0 Å². The molecule has 0 atom stereocenters. The van der Waals surface area contributed by atoms with Crippen LogP contribution in [0.3, 0.4) is 0 Å².